The number of carboxylic acids is 1. The zero-order valence-corrected chi connectivity index (χ0v) is 17.6. The van der Waals surface area contributed by atoms with E-state index < -0.39 is 12.1 Å². The van der Waals surface area contributed by atoms with E-state index in [1.807, 2.05) is 44.2 Å². The molecule has 0 aliphatic carbocycles. The molecule has 0 bridgehead atoms. The third-order valence-electron chi connectivity index (χ3n) is 5.12. The van der Waals surface area contributed by atoms with Gasteiger partial charge in [-0.2, -0.15) is 0 Å². The fraction of sp³-hybridized carbons (Fsp3) is 0.333. The van der Waals surface area contributed by atoms with Gasteiger partial charge in [-0.25, -0.2) is 4.79 Å². The first-order valence-electron chi connectivity index (χ1n) is 9.57. The zero-order valence-electron chi connectivity index (χ0n) is 17.6. The van der Waals surface area contributed by atoms with E-state index in [-0.39, 0.29) is 22.4 Å². The predicted molar refractivity (Wildman–Crippen MR) is 114 cm³/mol. The monoisotopic (exact) mass is 394 g/mol. The molecule has 5 heteroatoms. The quantitative estimate of drug-likeness (QED) is 0.656. The molecule has 1 heterocycles. The SMILES string of the molecule is Cc1cc2oc(-c3ccc(C(C)(C)C)cc3)c(O[C@@H](C)C(=O)O)c(=O)c2cc1C. The smallest absolute Gasteiger partial charge is 0.344 e. The van der Waals surface area contributed by atoms with E-state index in [2.05, 4.69) is 20.8 Å². The van der Waals surface area contributed by atoms with Gasteiger partial charge in [-0.05, 0) is 55.0 Å². The second-order valence-corrected chi connectivity index (χ2v) is 8.45. The van der Waals surface area contributed by atoms with Crippen molar-refractivity contribution in [2.24, 2.45) is 0 Å². The first-order valence-corrected chi connectivity index (χ1v) is 9.57. The number of rotatable bonds is 4. The van der Waals surface area contributed by atoms with Crippen molar-refractivity contribution in [1.82, 2.24) is 0 Å². The van der Waals surface area contributed by atoms with Crippen LogP contribution in [0.25, 0.3) is 22.3 Å². The van der Waals surface area contributed by atoms with Crippen LogP contribution in [0, 0.1) is 13.8 Å². The van der Waals surface area contributed by atoms with E-state index in [1.54, 1.807) is 6.07 Å². The van der Waals surface area contributed by atoms with Crippen LogP contribution in [-0.4, -0.2) is 17.2 Å². The Morgan fingerprint density at radius 1 is 1.07 bits per heavy atom. The molecule has 5 nitrogen and oxygen atoms in total. The van der Waals surface area contributed by atoms with Crippen LogP contribution in [0.1, 0.15) is 44.4 Å². The van der Waals surface area contributed by atoms with E-state index >= 15 is 0 Å². The summed E-state index contributed by atoms with van der Waals surface area (Å²) in [5, 5.41) is 9.63. The number of hydrogen-bond acceptors (Lipinski definition) is 4. The number of carboxylic acid groups (broad SMARTS) is 1. The maximum Gasteiger partial charge on any atom is 0.344 e. The van der Waals surface area contributed by atoms with Crippen LogP contribution in [0.15, 0.2) is 45.6 Å². The molecule has 3 rings (SSSR count). The molecule has 3 aromatic rings. The molecule has 0 aliphatic rings. The van der Waals surface area contributed by atoms with E-state index in [0.717, 1.165) is 16.7 Å². The first-order chi connectivity index (χ1) is 13.5. The van der Waals surface area contributed by atoms with Gasteiger partial charge < -0.3 is 14.3 Å². The molecular formula is C24H26O5. The minimum absolute atomic E-state index is 0.0193. The summed E-state index contributed by atoms with van der Waals surface area (Å²) in [7, 11) is 0. The summed E-state index contributed by atoms with van der Waals surface area (Å²) in [6, 6.07) is 11.3. The summed E-state index contributed by atoms with van der Waals surface area (Å²) < 4.78 is 11.6. The Hall–Kier alpha value is -3.08. The van der Waals surface area contributed by atoms with Crippen molar-refractivity contribution in [1.29, 1.82) is 0 Å². The van der Waals surface area contributed by atoms with Crippen molar-refractivity contribution >= 4 is 16.9 Å². The van der Waals surface area contributed by atoms with Gasteiger partial charge in [0.15, 0.2) is 11.9 Å². The van der Waals surface area contributed by atoms with Gasteiger partial charge in [0.1, 0.15) is 5.58 Å². The summed E-state index contributed by atoms with van der Waals surface area (Å²) in [6.07, 6.45) is -1.19. The topological polar surface area (TPSA) is 76.7 Å². The molecule has 0 amide bonds. The molecular weight excluding hydrogens is 368 g/mol. The van der Waals surface area contributed by atoms with Crippen LogP contribution >= 0.6 is 0 Å². The number of aryl methyl sites for hydroxylation is 2. The zero-order chi connectivity index (χ0) is 21.5. The second kappa shape index (κ2) is 7.39. The molecule has 1 atom stereocenters. The van der Waals surface area contributed by atoms with Crippen molar-refractivity contribution in [2.45, 2.75) is 53.1 Å². The lowest BCUT2D eigenvalue weighted by atomic mass is 9.86. The molecule has 0 saturated carbocycles. The maximum absolute atomic E-state index is 13.2. The predicted octanol–water partition coefficient (Wildman–Crippen LogP) is 5.23. The largest absolute Gasteiger partial charge is 0.479 e. The third kappa shape index (κ3) is 4.04. The lowest BCUT2D eigenvalue weighted by Gasteiger charge is -2.19. The number of carbonyl (C=O) groups is 1. The molecule has 0 aliphatic heterocycles. The number of aliphatic carboxylic acids is 1. The number of ether oxygens (including phenoxy) is 1. The van der Waals surface area contributed by atoms with Gasteiger partial charge in [-0.3, -0.25) is 4.79 Å². The highest BCUT2D eigenvalue weighted by atomic mass is 16.5. The molecule has 29 heavy (non-hydrogen) atoms. The first kappa shape index (κ1) is 20.6. The minimum atomic E-state index is -1.19. The van der Waals surface area contributed by atoms with Crippen LogP contribution in [0.5, 0.6) is 5.75 Å². The van der Waals surface area contributed by atoms with Crippen molar-refractivity contribution in [2.75, 3.05) is 0 Å². The van der Waals surface area contributed by atoms with Gasteiger partial charge in [-0.15, -0.1) is 0 Å². The number of benzene rings is 2. The molecule has 0 fully saturated rings. The summed E-state index contributed by atoms with van der Waals surface area (Å²) in [4.78, 5) is 24.5. The van der Waals surface area contributed by atoms with E-state index in [1.165, 1.54) is 6.92 Å². The molecule has 152 valence electrons. The van der Waals surface area contributed by atoms with Crippen LogP contribution in [-0.2, 0) is 10.2 Å². The van der Waals surface area contributed by atoms with Gasteiger partial charge in [0.25, 0.3) is 0 Å². The minimum Gasteiger partial charge on any atom is -0.479 e. The summed E-state index contributed by atoms with van der Waals surface area (Å²) >= 11 is 0. The third-order valence-corrected chi connectivity index (χ3v) is 5.12. The lowest BCUT2D eigenvalue weighted by molar-refractivity contribution is -0.144. The average Bonchev–Trinajstić information content (AvgIpc) is 2.64. The Bertz CT molecular complexity index is 1130. The summed E-state index contributed by atoms with van der Waals surface area (Å²) in [5.41, 5.74) is 3.79. The fourth-order valence-electron chi connectivity index (χ4n) is 3.08. The number of hydrogen-bond donors (Lipinski definition) is 1. The summed E-state index contributed by atoms with van der Waals surface area (Å²) in [6.45, 7) is 11.6. The van der Waals surface area contributed by atoms with Gasteiger partial charge >= 0.3 is 5.97 Å². The molecule has 0 spiro atoms. The van der Waals surface area contributed by atoms with Gasteiger partial charge in [0.2, 0.25) is 11.2 Å². The Kier molecular flexibility index (Phi) is 5.26. The highest BCUT2D eigenvalue weighted by molar-refractivity contribution is 5.84. The Morgan fingerprint density at radius 3 is 2.21 bits per heavy atom. The van der Waals surface area contributed by atoms with Crippen molar-refractivity contribution < 1.29 is 19.1 Å². The van der Waals surface area contributed by atoms with E-state index in [0.29, 0.717) is 16.5 Å². The van der Waals surface area contributed by atoms with E-state index in [9.17, 15) is 14.7 Å². The fourth-order valence-corrected chi connectivity index (χ4v) is 3.08. The van der Waals surface area contributed by atoms with Crippen molar-refractivity contribution in [3.63, 3.8) is 0 Å². The maximum atomic E-state index is 13.2. The van der Waals surface area contributed by atoms with Crippen molar-refractivity contribution in [3.8, 4) is 17.1 Å². The molecule has 0 unspecified atom stereocenters. The summed E-state index contributed by atoms with van der Waals surface area (Å²) in [5.74, 6) is -1.00. The average molecular weight is 394 g/mol. The van der Waals surface area contributed by atoms with E-state index in [4.69, 9.17) is 9.15 Å². The van der Waals surface area contributed by atoms with Crippen LogP contribution in [0.2, 0.25) is 0 Å². The van der Waals surface area contributed by atoms with Crippen LogP contribution in [0.4, 0.5) is 0 Å². The van der Waals surface area contributed by atoms with Crippen molar-refractivity contribution in [3.05, 3.63) is 63.3 Å². The number of fused-ring (bicyclic) bond motifs is 1. The van der Waals surface area contributed by atoms with Gasteiger partial charge in [-0.1, -0.05) is 45.0 Å². The second-order valence-electron chi connectivity index (χ2n) is 8.45. The Balaban J connectivity index is 2.27. The molecule has 1 N–H and O–H groups in total. The van der Waals surface area contributed by atoms with Crippen LogP contribution < -0.4 is 10.2 Å². The van der Waals surface area contributed by atoms with Gasteiger partial charge in [0.05, 0.1) is 5.39 Å². The highest BCUT2D eigenvalue weighted by Gasteiger charge is 2.23. The Labute approximate surface area is 169 Å². The lowest BCUT2D eigenvalue weighted by Crippen LogP contribution is -2.26. The molecule has 0 radical (unpaired) electrons. The molecule has 0 saturated heterocycles. The normalized spacial score (nSPS) is 12.8. The molecule has 2 aromatic carbocycles. The van der Waals surface area contributed by atoms with Gasteiger partial charge in [0, 0.05) is 5.56 Å². The molecule has 1 aromatic heterocycles. The highest BCUT2D eigenvalue weighted by Crippen LogP contribution is 2.34. The standard InChI is InChI=1S/C24H26O5/c1-13-11-18-19(12-14(13)2)29-21(22(20(18)25)28-15(3)23(26)27)16-7-9-17(10-8-16)24(4,5)6/h7-12,15H,1-6H3,(H,26,27)/t15-/m0/s1. The van der Waals surface area contributed by atoms with Crippen LogP contribution in [0.3, 0.4) is 0 Å². The Morgan fingerprint density at radius 2 is 1.66 bits per heavy atom.